The molecule has 0 saturated carbocycles. The first-order valence-corrected chi connectivity index (χ1v) is 27.5. The van der Waals surface area contributed by atoms with Crippen molar-refractivity contribution in [2.24, 2.45) is 88.0 Å². The van der Waals surface area contributed by atoms with Crippen LogP contribution in [0.15, 0.2) is 73.5 Å². The number of carbonyl (C=O) groups excluding carboxylic acids is 9. The van der Waals surface area contributed by atoms with E-state index < -0.39 is 84.6 Å². The van der Waals surface area contributed by atoms with Gasteiger partial charge in [0, 0.05) is 55.1 Å². The number of amides is 8. The second-order valence-corrected chi connectivity index (χ2v) is 19.2. The molecular formula is C51H84N28O9. The van der Waals surface area contributed by atoms with E-state index in [4.69, 9.17) is 63.1 Å². The highest BCUT2D eigenvalue weighted by Crippen LogP contribution is 2.17. The van der Waals surface area contributed by atoms with Crippen molar-refractivity contribution < 1.29 is 43.2 Å². The van der Waals surface area contributed by atoms with Crippen molar-refractivity contribution in [2.75, 3.05) is 58.2 Å². The van der Waals surface area contributed by atoms with Gasteiger partial charge in [-0.1, -0.05) is 12.1 Å². The van der Waals surface area contributed by atoms with E-state index in [9.17, 15) is 43.2 Å². The summed E-state index contributed by atoms with van der Waals surface area (Å²) in [6, 6.07) is 8.13. The number of likely N-dealkylation sites (N-methyl/N-ethyl adjacent to an activating group) is 1. The first-order chi connectivity index (χ1) is 41.8. The maximum atomic E-state index is 13.1. The van der Waals surface area contributed by atoms with E-state index >= 15 is 0 Å². The molecule has 0 radical (unpaired) electrons. The minimum Gasteiger partial charge on any atom is -0.370 e. The molecule has 0 fully saturated rings. The number of guanidine groups is 5. The summed E-state index contributed by atoms with van der Waals surface area (Å²) in [6.07, 6.45) is 3.32. The Labute approximate surface area is 506 Å². The van der Waals surface area contributed by atoms with Crippen LogP contribution in [0.4, 0.5) is 5.69 Å². The number of ketones is 1. The number of carbonyl (C=O) groups is 9. The van der Waals surface area contributed by atoms with Gasteiger partial charge in [0.2, 0.25) is 41.3 Å². The average Bonchev–Trinajstić information content (AvgIpc) is 4.22. The minimum atomic E-state index is -1.08. The van der Waals surface area contributed by atoms with Crippen molar-refractivity contribution in [3.63, 3.8) is 0 Å². The minimum absolute atomic E-state index is 0.0322. The van der Waals surface area contributed by atoms with Crippen LogP contribution in [0, 0.1) is 0 Å². The summed E-state index contributed by atoms with van der Waals surface area (Å²) < 4.78 is 0. The third kappa shape index (κ3) is 31.2. The van der Waals surface area contributed by atoms with Crippen LogP contribution >= 0.6 is 0 Å². The molecule has 37 nitrogen and oxygen atoms in total. The van der Waals surface area contributed by atoms with Gasteiger partial charge in [-0.15, -0.1) is 10.2 Å². The number of nitrogens with two attached hydrogens (primary N) is 11. The quantitative estimate of drug-likeness (QED) is 0.0144. The summed E-state index contributed by atoms with van der Waals surface area (Å²) in [5.41, 5.74) is 60.3. The number of anilines is 1. The number of primary amides is 1. The molecule has 3 aromatic rings. The zero-order valence-corrected chi connectivity index (χ0v) is 49.1. The van der Waals surface area contributed by atoms with Gasteiger partial charge in [0.15, 0.2) is 35.6 Å². The summed E-state index contributed by atoms with van der Waals surface area (Å²) in [5.74, 6) is -4.96. The topological polar surface area (TPSA) is 652 Å². The van der Waals surface area contributed by atoms with Gasteiger partial charge in [-0.25, -0.2) is 0 Å². The van der Waals surface area contributed by atoms with E-state index in [1.807, 2.05) is 0 Å². The van der Waals surface area contributed by atoms with Crippen LogP contribution < -0.4 is 106 Å². The number of aliphatic imine (C=N–C) groups is 5. The Kier molecular flexibility index (Phi) is 33.8. The van der Waals surface area contributed by atoms with Crippen molar-refractivity contribution in [3.8, 4) is 11.4 Å². The van der Waals surface area contributed by atoms with E-state index in [0.717, 1.165) is 0 Å². The molecule has 8 amide bonds. The maximum Gasteiger partial charge on any atom is 0.255 e. The number of H-pyrrole nitrogens is 1. The number of benzene rings is 2. The van der Waals surface area contributed by atoms with Crippen LogP contribution in [-0.4, -0.2) is 187 Å². The highest BCUT2D eigenvalue weighted by atomic mass is 16.2. The van der Waals surface area contributed by atoms with Gasteiger partial charge in [-0.2, -0.15) is 5.21 Å². The molecule has 0 aliphatic rings. The predicted octanol–water partition coefficient (Wildman–Crippen LogP) is -7.18. The lowest BCUT2D eigenvalue weighted by Crippen LogP contribution is -2.55. The van der Waals surface area contributed by atoms with Crippen LogP contribution in [0.25, 0.3) is 11.4 Å². The fourth-order valence-corrected chi connectivity index (χ4v) is 7.65. The molecule has 0 aliphatic carbocycles. The molecule has 5 atom stereocenters. The number of aromatic nitrogens is 4. The van der Waals surface area contributed by atoms with Gasteiger partial charge >= 0.3 is 0 Å². The monoisotopic (exact) mass is 1230 g/mol. The van der Waals surface area contributed by atoms with Crippen LogP contribution in [-0.2, 0) is 33.6 Å². The highest BCUT2D eigenvalue weighted by Gasteiger charge is 2.29. The smallest absolute Gasteiger partial charge is 0.255 e. The van der Waals surface area contributed by atoms with Crippen molar-refractivity contribution in [3.05, 3.63) is 59.7 Å². The molecule has 0 unspecified atom stereocenters. The number of aromatic amines is 1. The third-order valence-corrected chi connectivity index (χ3v) is 12.2. The summed E-state index contributed by atoms with van der Waals surface area (Å²) in [4.78, 5) is 133. The van der Waals surface area contributed by atoms with Crippen molar-refractivity contribution in [1.29, 1.82) is 0 Å². The number of hydrogen-bond donors (Lipinski definition) is 20. The predicted molar refractivity (Wildman–Crippen MR) is 329 cm³/mol. The summed E-state index contributed by atoms with van der Waals surface area (Å²) in [5, 5.41) is 34.6. The first-order valence-electron chi connectivity index (χ1n) is 27.5. The number of tetrazole rings is 1. The Hall–Kier alpha value is -10.7. The number of nitrogens with one attached hydrogen (secondary N) is 9. The number of rotatable bonds is 38. The molecule has 31 N–H and O–H groups in total. The third-order valence-electron chi connectivity index (χ3n) is 12.2. The SMILES string of the molecule is CC(=O)[C@@H](CCCN=C(N)N)NC(=O)[C@H](CCCN=C(N)N)NC(=O)CNC(=O)CNC(=O)c1ccc(NC(=O)c2ccc(-c3nn[nH]n3)cc2)cc1.CN[C@@H](CCCN=C(N)N)C(=O)N[C@H](CCCN=C(N)N)C(=O)N[C@@H](CCCN=C(N)N)C(N)=O. The van der Waals surface area contributed by atoms with Crippen molar-refractivity contribution in [2.45, 2.75) is 101 Å². The molecule has 1 aromatic heterocycles. The molecule has 2 aromatic carbocycles. The van der Waals surface area contributed by atoms with Gasteiger partial charge in [-0.05, 0) is 120 Å². The van der Waals surface area contributed by atoms with Crippen LogP contribution in [0.2, 0.25) is 0 Å². The van der Waals surface area contributed by atoms with Crippen LogP contribution in [0.3, 0.4) is 0 Å². The standard InChI is InChI=1S/C32H43N15O6.C19H41N13O3/c1-18(48)23(4-2-14-37-31(33)34)43-30(53)24(5-3-15-38-32(35)36)42-26(50)17-39-25(49)16-40-28(51)20-10-12-22(13-11-20)41-29(52)21-8-6-19(7-9-21)27-44-46-47-45-27;1-27-12(6-3-9-29-18(23)24)15(34)32-13(7-4-10-30-19(25)26)16(35)31-11(14(20)33)5-2-8-28-17(21)22/h6-13,23-24H,2-5,14-17H2,1H3,(H,39,49)(H,40,51)(H,41,52)(H,42,50)(H,43,53)(H4,33,34,37)(H4,35,36,38)(H,44,45,46,47);11-13,27H,2-10H2,1H3,(H2,20,33)(H,31,35)(H,32,34)(H4,21,22,28)(H4,23,24,29)(H4,25,26,30)/t23-,24+;11-,12-,13+/m10/s1. The second kappa shape index (κ2) is 40.5. The largest absolute Gasteiger partial charge is 0.370 e. The van der Waals surface area contributed by atoms with E-state index in [0.29, 0.717) is 67.7 Å². The van der Waals surface area contributed by atoms with Gasteiger partial charge in [0.05, 0.1) is 25.2 Å². The summed E-state index contributed by atoms with van der Waals surface area (Å²) in [7, 11) is 1.62. The van der Waals surface area contributed by atoms with Gasteiger partial charge in [0.1, 0.15) is 18.1 Å². The molecule has 0 saturated heterocycles. The molecule has 1 heterocycles. The summed E-state index contributed by atoms with van der Waals surface area (Å²) >= 11 is 0. The average molecular weight is 1230 g/mol. The lowest BCUT2D eigenvalue weighted by atomic mass is 10.1. The fraction of sp³-hybridized carbons (Fsp3) is 0.471. The number of nitrogens with zero attached hydrogens (tertiary/aromatic N) is 8. The van der Waals surface area contributed by atoms with E-state index in [-0.39, 0.29) is 98.9 Å². The Balaban J connectivity index is 0.000000657. The fourth-order valence-electron chi connectivity index (χ4n) is 7.65. The van der Waals surface area contributed by atoms with Gasteiger partial charge in [-0.3, -0.25) is 68.1 Å². The Morgan fingerprint density at radius 3 is 1.28 bits per heavy atom. The molecular weight excluding hydrogens is 1150 g/mol. The van der Waals surface area contributed by atoms with E-state index in [1.165, 1.54) is 31.2 Å². The van der Waals surface area contributed by atoms with Gasteiger partial charge in [0.25, 0.3) is 11.8 Å². The number of hydrogen-bond acceptors (Lipinski definition) is 18. The Bertz CT molecular complexity index is 2880. The van der Waals surface area contributed by atoms with Gasteiger partial charge < -0.3 is 106 Å². The molecule has 0 spiro atoms. The zero-order valence-electron chi connectivity index (χ0n) is 49.1. The van der Waals surface area contributed by atoms with Crippen LogP contribution in [0.5, 0.6) is 0 Å². The Morgan fingerprint density at radius 1 is 0.466 bits per heavy atom. The normalized spacial score (nSPS) is 12.1. The van der Waals surface area contributed by atoms with E-state index in [2.05, 4.69) is 88.1 Å². The molecule has 482 valence electrons. The van der Waals surface area contributed by atoms with E-state index in [1.54, 1.807) is 31.3 Å². The molecule has 88 heavy (non-hydrogen) atoms. The highest BCUT2D eigenvalue weighted by molar-refractivity contribution is 6.05. The molecule has 37 heteroatoms. The lowest BCUT2D eigenvalue weighted by molar-refractivity contribution is -0.132. The van der Waals surface area contributed by atoms with Crippen molar-refractivity contribution in [1.82, 2.24) is 57.8 Å². The maximum absolute atomic E-state index is 13.1. The lowest BCUT2D eigenvalue weighted by Gasteiger charge is -2.24. The summed E-state index contributed by atoms with van der Waals surface area (Å²) in [6.45, 7) is 1.69. The number of Topliss-reactive ketones (excluding diaryl/α,β-unsaturated/α-hetero) is 1. The molecule has 3 rings (SSSR count). The zero-order chi connectivity index (χ0) is 65.6. The van der Waals surface area contributed by atoms with Crippen LogP contribution in [0.1, 0.15) is 91.8 Å². The Morgan fingerprint density at radius 2 is 0.852 bits per heavy atom. The molecule has 0 aliphatic heterocycles. The van der Waals surface area contributed by atoms with Crippen molar-refractivity contribution >= 4 is 88.5 Å². The molecule has 0 bridgehead atoms. The second-order valence-electron chi connectivity index (χ2n) is 19.2. The first kappa shape index (κ1) is 73.4.